The molecule has 1 nitrogen and oxygen atoms in total. The number of halogens is 3. The van der Waals surface area contributed by atoms with Crippen molar-refractivity contribution >= 4 is 27.5 Å². The highest BCUT2D eigenvalue weighted by atomic mass is 79.9. The minimum absolute atomic E-state index is 0.0208. The molecule has 4 heteroatoms. The molecule has 0 fully saturated rings. The molecule has 72 valence electrons. The van der Waals surface area contributed by atoms with Crippen molar-refractivity contribution in [3.63, 3.8) is 0 Å². The minimum atomic E-state index is -0.410. The summed E-state index contributed by atoms with van der Waals surface area (Å²) in [6, 6.07) is 3.22. The maximum absolute atomic E-state index is 13.1. The second kappa shape index (κ2) is 4.40. The van der Waals surface area contributed by atoms with Gasteiger partial charge in [-0.3, -0.25) is 0 Å². The molecule has 0 heterocycles. The van der Waals surface area contributed by atoms with Crippen LogP contribution in [0.4, 0.5) is 4.39 Å². The molecule has 0 amide bonds. The van der Waals surface area contributed by atoms with E-state index in [9.17, 15) is 4.39 Å². The zero-order valence-corrected chi connectivity index (χ0v) is 9.49. The number of rotatable bonds is 2. The van der Waals surface area contributed by atoms with Crippen LogP contribution in [-0.2, 0) is 6.42 Å². The summed E-state index contributed by atoms with van der Waals surface area (Å²) in [5.74, 6) is -0.410. The maximum atomic E-state index is 13.1. The molecular formula is C9H10BrClFN. The monoisotopic (exact) mass is 265 g/mol. The van der Waals surface area contributed by atoms with E-state index in [1.807, 2.05) is 6.92 Å². The Labute approximate surface area is 90.2 Å². The highest BCUT2D eigenvalue weighted by molar-refractivity contribution is 9.10. The van der Waals surface area contributed by atoms with Crippen molar-refractivity contribution in [1.82, 2.24) is 0 Å². The van der Waals surface area contributed by atoms with Crippen LogP contribution in [0.3, 0.4) is 0 Å². The first-order valence-corrected chi connectivity index (χ1v) is 5.07. The van der Waals surface area contributed by atoms with Crippen molar-refractivity contribution in [2.24, 2.45) is 5.73 Å². The average Bonchev–Trinajstić information content (AvgIpc) is 1.98. The van der Waals surface area contributed by atoms with Crippen LogP contribution < -0.4 is 5.73 Å². The van der Waals surface area contributed by atoms with E-state index in [-0.39, 0.29) is 11.1 Å². The van der Waals surface area contributed by atoms with Gasteiger partial charge in [-0.05, 0) is 47.0 Å². The summed E-state index contributed by atoms with van der Waals surface area (Å²) in [4.78, 5) is 0. The van der Waals surface area contributed by atoms with Gasteiger partial charge in [0.1, 0.15) is 5.82 Å². The van der Waals surface area contributed by atoms with Crippen molar-refractivity contribution < 1.29 is 4.39 Å². The Morgan fingerprint density at radius 1 is 1.62 bits per heavy atom. The Kier molecular flexibility index (Phi) is 3.71. The van der Waals surface area contributed by atoms with Crippen molar-refractivity contribution in [1.29, 1.82) is 0 Å². The van der Waals surface area contributed by atoms with E-state index in [1.165, 1.54) is 6.07 Å². The minimum Gasteiger partial charge on any atom is -0.328 e. The van der Waals surface area contributed by atoms with Gasteiger partial charge in [0.05, 0.1) is 5.02 Å². The van der Waals surface area contributed by atoms with E-state index in [0.29, 0.717) is 10.9 Å². The first kappa shape index (κ1) is 11.0. The van der Waals surface area contributed by atoms with Gasteiger partial charge in [0.25, 0.3) is 0 Å². The molecule has 0 aliphatic carbocycles. The lowest BCUT2D eigenvalue weighted by atomic mass is 10.1. The lowest BCUT2D eigenvalue weighted by molar-refractivity contribution is 0.622. The van der Waals surface area contributed by atoms with Gasteiger partial charge in [-0.25, -0.2) is 4.39 Å². The Morgan fingerprint density at radius 3 is 2.69 bits per heavy atom. The summed E-state index contributed by atoms with van der Waals surface area (Å²) < 4.78 is 13.7. The predicted octanol–water partition coefficient (Wildman–Crippen LogP) is 3.13. The van der Waals surface area contributed by atoms with Crippen molar-refractivity contribution in [3.8, 4) is 0 Å². The highest BCUT2D eigenvalue weighted by Crippen LogP contribution is 2.27. The van der Waals surface area contributed by atoms with Crippen molar-refractivity contribution in [2.75, 3.05) is 0 Å². The van der Waals surface area contributed by atoms with E-state index in [0.717, 1.165) is 5.56 Å². The van der Waals surface area contributed by atoms with E-state index < -0.39 is 5.82 Å². The van der Waals surface area contributed by atoms with Crippen LogP contribution in [0.15, 0.2) is 16.6 Å². The molecule has 0 saturated carbocycles. The van der Waals surface area contributed by atoms with Crippen LogP contribution in [-0.4, -0.2) is 6.04 Å². The fourth-order valence-corrected chi connectivity index (χ4v) is 1.69. The zero-order chi connectivity index (χ0) is 10.0. The molecule has 2 N–H and O–H groups in total. The third-order valence-corrected chi connectivity index (χ3v) is 2.84. The molecule has 0 radical (unpaired) electrons. The van der Waals surface area contributed by atoms with Crippen LogP contribution in [0.1, 0.15) is 12.5 Å². The fraction of sp³-hybridized carbons (Fsp3) is 0.333. The van der Waals surface area contributed by atoms with Gasteiger partial charge in [-0.2, -0.15) is 0 Å². The van der Waals surface area contributed by atoms with Crippen LogP contribution in [0.2, 0.25) is 5.02 Å². The summed E-state index contributed by atoms with van der Waals surface area (Å²) in [6.45, 7) is 1.88. The van der Waals surface area contributed by atoms with Crippen LogP contribution in [0.25, 0.3) is 0 Å². The molecule has 0 spiro atoms. The molecule has 13 heavy (non-hydrogen) atoms. The van der Waals surface area contributed by atoms with Gasteiger partial charge < -0.3 is 5.73 Å². The Bertz CT molecular complexity index is 291. The van der Waals surface area contributed by atoms with Gasteiger partial charge in [0, 0.05) is 10.5 Å². The predicted molar refractivity (Wildman–Crippen MR) is 56.5 cm³/mol. The zero-order valence-electron chi connectivity index (χ0n) is 7.15. The lowest BCUT2D eigenvalue weighted by Gasteiger charge is -2.07. The van der Waals surface area contributed by atoms with Crippen molar-refractivity contribution in [3.05, 3.63) is 33.0 Å². The normalized spacial score (nSPS) is 13.0. The first-order chi connectivity index (χ1) is 6.00. The number of nitrogens with two attached hydrogens (primary N) is 1. The second-order valence-corrected chi connectivity index (χ2v) is 4.29. The molecule has 1 atom stereocenters. The molecule has 0 aliphatic heterocycles. The van der Waals surface area contributed by atoms with Crippen molar-refractivity contribution in [2.45, 2.75) is 19.4 Å². The highest BCUT2D eigenvalue weighted by Gasteiger charge is 2.07. The molecule has 0 saturated heterocycles. The molecule has 1 aromatic carbocycles. The summed E-state index contributed by atoms with van der Waals surface area (Å²) in [7, 11) is 0. The molecule has 1 unspecified atom stereocenters. The van der Waals surface area contributed by atoms with Gasteiger partial charge >= 0.3 is 0 Å². The number of hydrogen-bond acceptors (Lipinski definition) is 1. The van der Waals surface area contributed by atoms with E-state index >= 15 is 0 Å². The van der Waals surface area contributed by atoms with E-state index in [2.05, 4.69) is 15.9 Å². The molecule has 0 aromatic heterocycles. The van der Waals surface area contributed by atoms with E-state index in [1.54, 1.807) is 6.07 Å². The molecule has 0 bridgehead atoms. The Hall–Kier alpha value is -0.120. The van der Waals surface area contributed by atoms with Crippen LogP contribution in [0, 0.1) is 5.82 Å². The summed E-state index contributed by atoms with van der Waals surface area (Å²) in [6.07, 6.45) is 0.646. The molecular weight excluding hydrogens is 256 g/mol. The maximum Gasteiger partial charge on any atom is 0.143 e. The van der Waals surface area contributed by atoms with Gasteiger partial charge in [0.2, 0.25) is 0 Å². The topological polar surface area (TPSA) is 26.0 Å². The summed E-state index contributed by atoms with van der Waals surface area (Å²) in [5, 5.41) is 0.119. The quantitative estimate of drug-likeness (QED) is 0.818. The third kappa shape index (κ3) is 2.93. The molecule has 1 aromatic rings. The largest absolute Gasteiger partial charge is 0.328 e. The average molecular weight is 267 g/mol. The number of benzene rings is 1. The molecule has 0 aliphatic rings. The van der Waals surface area contributed by atoms with E-state index in [4.69, 9.17) is 17.3 Å². The smallest absolute Gasteiger partial charge is 0.143 e. The van der Waals surface area contributed by atoms with Gasteiger partial charge in [0.15, 0.2) is 0 Å². The summed E-state index contributed by atoms with van der Waals surface area (Å²) in [5.41, 5.74) is 6.44. The van der Waals surface area contributed by atoms with Gasteiger partial charge in [-0.1, -0.05) is 11.6 Å². The Morgan fingerprint density at radius 2 is 2.23 bits per heavy atom. The second-order valence-electron chi connectivity index (χ2n) is 3.05. The lowest BCUT2D eigenvalue weighted by Crippen LogP contribution is -2.17. The van der Waals surface area contributed by atoms with Gasteiger partial charge in [-0.15, -0.1) is 0 Å². The number of hydrogen-bond donors (Lipinski definition) is 1. The first-order valence-electron chi connectivity index (χ1n) is 3.89. The summed E-state index contributed by atoms with van der Waals surface area (Å²) >= 11 is 8.81. The molecule has 1 rings (SSSR count). The fourth-order valence-electron chi connectivity index (χ4n) is 1.10. The standard InChI is InChI=1S/C9H10BrClFN/c1-5(13)2-6-3-7(10)9(11)8(12)4-6/h3-5H,2,13H2,1H3. The van der Waals surface area contributed by atoms with Crippen LogP contribution >= 0.6 is 27.5 Å². The third-order valence-electron chi connectivity index (χ3n) is 1.60. The Balaban J connectivity index is 2.99. The SMILES string of the molecule is CC(N)Cc1cc(F)c(Cl)c(Br)c1. The van der Waals surface area contributed by atoms with Crippen LogP contribution in [0.5, 0.6) is 0 Å².